The van der Waals surface area contributed by atoms with Gasteiger partial charge in [0.2, 0.25) is 11.8 Å². The molecule has 0 aliphatic heterocycles. The van der Waals surface area contributed by atoms with Crippen molar-refractivity contribution in [2.75, 3.05) is 17.9 Å². The van der Waals surface area contributed by atoms with Gasteiger partial charge in [-0.1, -0.05) is 65.2 Å². The summed E-state index contributed by atoms with van der Waals surface area (Å²) in [6.07, 6.45) is 0. The summed E-state index contributed by atoms with van der Waals surface area (Å²) in [4.78, 5) is 27.6. The van der Waals surface area contributed by atoms with Crippen molar-refractivity contribution in [3.05, 3.63) is 94.0 Å². The summed E-state index contributed by atoms with van der Waals surface area (Å²) in [5.74, 6) is -1.01. The molecule has 3 aromatic carbocycles. The number of sulfonamides is 1. The Labute approximate surface area is 221 Å². The fourth-order valence-electron chi connectivity index (χ4n) is 3.60. The predicted molar refractivity (Wildman–Crippen MR) is 143 cm³/mol. The standard InChI is InChI=1S/C26H27Cl2N3O4S/c1-18-12-14-20(15-13-18)31(36(34,35)21-8-5-4-6-9-21)17-25(32)30(19(2)26(33)29-3)16-22-23(27)10-7-11-24(22)28/h4-15,19H,16-17H2,1-3H3,(H,29,33)/t19-/m1/s1. The molecule has 0 aliphatic carbocycles. The van der Waals surface area contributed by atoms with Gasteiger partial charge in [0, 0.05) is 29.2 Å². The Bertz CT molecular complexity index is 1310. The van der Waals surface area contributed by atoms with Gasteiger partial charge >= 0.3 is 0 Å². The molecule has 0 unspecified atom stereocenters. The summed E-state index contributed by atoms with van der Waals surface area (Å²) >= 11 is 12.7. The number of nitrogens with zero attached hydrogens (tertiary/aromatic N) is 2. The Morgan fingerprint density at radius 2 is 1.50 bits per heavy atom. The molecule has 1 N–H and O–H groups in total. The van der Waals surface area contributed by atoms with Gasteiger partial charge in [0.1, 0.15) is 12.6 Å². The topological polar surface area (TPSA) is 86.8 Å². The maximum Gasteiger partial charge on any atom is 0.264 e. The van der Waals surface area contributed by atoms with E-state index in [0.717, 1.165) is 9.87 Å². The third-order valence-corrected chi connectivity index (χ3v) is 8.23. The molecule has 190 valence electrons. The van der Waals surface area contributed by atoms with Crippen LogP contribution in [0.15, 0.2) is 77.7 Å². The zero-order valence-electron chi connectivity index (χ0n) is 20.1. The van der Waals surface area contributed by atoms with Gasteiger partial charge in [0.05, 0.1) is 10.6 Å². The number of carbonyl (C=O) groups excluding carboxylic acids is 2. The van der Waals surface area contributed by atoms with Gasteiger partial charge in [0.15, 0.2) is 0 Å². The molecule has 0 aromatic heterocycles. The number of hydrogen-bond acceptors (Lipinski definition) is 4. The fourth-order valence-corrected chi connectivity index (χ4v) is 5.56. The highest BCUT2D eigenvalue weighted by atomic mass is 35.5. The minimum atomic E-state index is -4.10. The molecule has 3 aromatic rings. The SMILES string of the molecule is CNC(=O)[C@@H](C)N(Cc1c(Cl)cccc1Cl)C(=O)CN(c1ccc(C)cc1)S(=O)(=O)c1ccccc1. The highest BCUT2D eigenvalue weighted by molar-refractivity contribution is 7.92. The van der Waals surface area contributed by atoms with Crippen molar-refractivity contribution in [1.82, 2.24) is 10.2 Å². The first kappa shape index (κ1) is 27.5. The van der Waals surface area contributed by atoms with Crippen LogP contribution in [0.3, 0.4) is 0 Å². The van der Waals surface area contributed by atoms with Gasteiger partial charge in [-0.05, 0) is 50.2 Å². The molecule has 0 saturated heterocycles. The zero-order valence-corrected chi connectivity index (χ0v) is 22.4. The predicted octanol–water partition coefficient (Wildman–Crippen LogP) is 4.66. The van der Waals surface area contributed by atoms with Crippen LogP contribution in [0.25, 0.3) is 0 Å². The first-order chi connectivity index (χ1) is 17.1. The minimum Gasteiger partial charge on any atom is -0.357 e. The summed E-state index contributed by atoms with van der Waals surface area (Å²) in [5, 5.41) is 3.19. The molecule has 0 bridgehead atoms. The van der Waals surface area contributed by atoms with E-state index in [9.17, 15) is 18.0 Å². The smallest absolute Gasteiger partial charge is 0.264 e. The van der Waals surface area contributed by atoms with E-state index >= 15 is 0 Å². The van der Waals surface area contributed by atoms with Crippen molar-refractivity contribution in [2.45, 2.75) is 31.3 Å². The monoisotopic (exact) mass is 547 g/mol. The van der Waals surface area contributed by atoms with Crippen molar-refractivity contribution in [1.29, 1.82) is 0 Å². The minimum absolute atomic E-state index is 0.0402. The molecule has 0 saturated carbocycles. The Hall–Kier alpha value is -3.07. The molecular weight excluding hydrogens is 521 g/mol. The molecule has 2 amide bonds. The van der Waals surface area contributed by atoms with Crippen LogP contribution in [-0.4, -0.2) is 44.8 Å². The van der Waals surface area contributed by atoms with Crippen molar-refractivity contribution in [3.8, 4) is 0 Å². The Morgan fingerprint density at radius 3 is 2.06 bits per heavy atom. The van der Waals surface area contributed by atoms with Gasteiger partial charge in [0.25, 0.3) is 10.0 Å². The lowest BCUT2D eigenvalue weighted by Gasteiger charge is -2.32. The second kappa shape index (κ2) is 11.8. The Kier molecular flexibility index (Phi) is 9.00. The number of carbonyl (C=O) groups is 2. The lowest BCUT2D eigenvalue weighted by atomic mass is 10.1. The number of anilines is 1. The summed E-state index contributed by atoms with van der Waals surface area (Å²) in [6.45, 7) is 2.82. The van der Waals surface area contributed by atoms with Gasteiger partial charge in [-0.25, -0.2) is 8.42 Å². The lowest BCUT2D eigenvalue weighted by molar-refractivity contribution is -0.139. The fraction of sp³-hybridized carbons (Fsp3) is 0.231. The second-order valence-electron chi connectivity index (χ2n) is 8.17. The molecule has 3 rings (SSSR count). The first-order valence-corrected chi connectivity index (χ1v) is 13.3. The average Bonchev–Trinajstić information content (AvgIpc) is 2.87. The van der Waals surface area contributed by atoms with Crippen molar-refractivity contribution in [3.63, 3.8) is 0 Å². The van der Waals surface area contributed by atoms with E-state index in [4.69, 9.17) is 23.2 Å². The maximum absolute atomic E-state index is 13.7. The van der Waals surface area contributed by atoms with Crippen LogP contribution in [0.5, 0.6) is 0 Å². The van der Waals surface area contributed by atoms with E-state index in [1.165, 1.54) is 24.1 Å². The number of halogens is 2. The highest BCUT2D eigenvalue weighted by Crippen LogP contribution is 2.28. The number of nitrogens with one attached hydrogen (secondary N) is 1. The third kappa shape index (κ3) is 6.19. The summed E-state index contributed by atoms with van der Waals surface area (Å²) in [5.41, 5.74) is 1.71. The maximum atomic E-state index is 13.7. The largest absolute Gasteiger partial charge is 0.357 e. The van der Waals surface area contributed by atoms with Gasteiger partial charge in [-0.15, -0.1) is 0 Å². The third-order valence-electron chi connectivity index (χ3n) is 5.74. The number of hydrogen-bond donors (Lipinski definition) is 1. The van der Waals surface area contributed by atoms with E-state index in [1.54, 1.807) is 67.6 Å². The summed E-state index contributed by atoms with van der Waals surface area (Å²) < 4.78 is 28.3. The summed E-state index contributed by atoms with van der Waals surface area (Å²) in [7, 11) is -2.64. The Morgan fingerprint density at radius 1 is 0.917 bits per heavy atom. The first-order valence-electron chi connectivity index (χ1n) is 11.1. The molecule has 0 fully saturated rings. The van der Waals surface area contributed by atoms with Gasteiger partial charge in [-0.2, -0.15) is 0 Å². The number of amides is 2. The summed E-state index contributed by atoms with van der Waals surface area (Å²) in [6, 6.07) is 18.7. The van der Waals surface area contributed by atoms with Crippen molar-refractivity contribution in [2.24, 2.45) is 0 Å². The normalized spacial score (nSPS) is 12.0. The van der Waals surface area contributed by atoms with Crippen LogP contribution in [0, 0.1) is 6.92 Å². The van der Waals surface area contributed by atoms with Crippen LogP contribution < -0.4 is 9.62 Å². The second-order valence-corrected chi connectivity index (χ2v) is 10.8. The molecule has 36 heavy (non-hydrogen) atoms. The molecule has 1 atom stereocenters. The van der Waals surface area contributed by atoms with Gasteiger partial charge in [-0.3, -0.25) is 13.9 Å². The van der Waals surface area contributed by atoms with Crippen LogP contribution in [-0.2, 0) is 26.2 Å². The van der Waals surface area contributed by atoms with Gasteiger partial charge < -0.3 is 10.2 Å². The van der Waals surface area contributed by atoms with Crippen LogP contribution >= 0.6 is 23.2 Å². The Balaban J connectivity index is 2.05. The van der Waals surface area contributed by atoms with E-state index in [-0.39, 0.29) is 11.4 Å². The van der Waals surface area contributed by atoms with E-state index < -0.39 is 34.4 Å². The van der Waals surface area contributed by atoms with Crippen LogP contribution in [0.2, 0.25) is 10.0 Å². The zero-order chi connectivity index (χ0) is 26.5. The van der Waals surface area contributed by atoms with E-state index in [2.05, 4.69) is 5.32 Å². The molecule has 0 radical (unpaired) electrons. The van der Waals surface area contributed by atoms with Crippen LogP contribution in [0.1, 0.15) is 18.1 Å². The van der Waals surface area contributed by atoms with E-state index in [0.29, 0.717) is 21.3 Å². The molecule has 0 aliphatic rings. The molecule has 0 spiro atoms. The quantitative estimate of drug-likeness (QED) is 0.422. The average molecular weight is 548 g/mol. The number of benzene rings is 3. The number of aryl methyl sites for hydroxylation is 1. The highest BCUT2D eigenvalue weighted by Gasteiger charge is 2.32. The molecule has 7 nitrogen and oxygen atoms in total. The van der Waals surface area contributed by atoms with Crippen LogP contribution in [0.4, 0.5) is 5.69 Å². The van der Waals surface area contributed by atoms with Crippen molar-refractivity contribution >= 4 is 50.7 Å². The molecule has 10 heteroatoms. The van der Waals surface area contributed by atoms with Crippen molar-refractivity contribution < 1.29 is 18.0 Å². The lowest BCUT2D eigenvalue weighted by Crippen LogP contribution is -2.50. The molecule has 0 heterocycles. The molecular formula is C26H27Cl2N3O4S. The number of rotatable bonds is 9. The van der Waals surface area contributed by atoms with E-state index in [1.807, 2.05) is 6.92 Å². The number of likely N-dealkylation sites (N-methyl/N-ethyl adjacent to an activating group) is 1.